The molecule has 8 nitrogen and oxygen atoms in total. The number of methoxy groups -OCH3 is 1. The molecule has 2 aromatic carbocycles. The van der Waals surface area contributed by atoms with Crippen LogP contribution in [0.5, 0.6) is 5.75 Å². The summed E-state index contributed by atoms with van der Waals surface area (Å²) in [5, 5.41) is 12.4. The Morgan fingerprint density at radius 2 is 1.81 bits per heavy atom. The van der Waals surface area contributed by atoms with Crippen molar-refractivity contribution in [3.63, 3.8) is 0 Å². The molecule has 3 rings (SSSR count). The minimum Gasteiger partial charge on any atom is -0.497 e. The van der Waals surface area contributed by atoms with Gasteiger partial charge in [0.2, 0.25) is 11.8 Å². The Morgan fingerprint density at radius 1 is 1.07 bits per heavy atom. The van der Waals surface area contributed by atoms with Gasteiger partial charge >= 0.3 is 0 Å². The standard InChI is InChI=1S/C19H18N6O2/c1-13-3-7-15(8-4-13)22-23-18(14-5-9-16(27-2)10-6-14)24-25-19-20-12-11-17(26)21-19/h3-12,22H,1-2H3,(H,20,21,26)/b23-18+,25-24?. The van der Waals surface area contributed by atoms with E-state index in [1.165, 1.54) is 12.3 Å². The van der Waals surface area contributed by atoms with E-state index in [2.05, 4.69) is 30.7 Å². The molecule has 0 fully saturated rings. The number of ether oxygens (including phenoxy) is 1. The Kier molecular flexibility index (Phi) is 5.68. The molecule has 0 aliphatic rings. The Bertz CT molecular complexity index is 1010. The summed E-state index contributed by atoms with van der Waals surface area (Å²) in [5.41, 5.74) is 5.34. The van der Waals surface area contributed by atoms with Crippen LogP contribution in [-0.4, -0.2) is 22.9 Å². The Balaban J connectivity index is 1.90. The molecule has 1 aromatic heterocycles. The minimum absolute atomic E-state index is 0.0963. The number of hydrogen-bond donors (Lipinski definition) is 2. The average molecular weight is 362 g/mol. The lowest BCUT2D eigenvalue weighted by molar-refractivity contribution is 0.415. The zero-order chi connectivity index (χ0) is 19.1. The van der Waals surface area contributed by atoms with Crippen molar-refractivity contribution in [3.05, 3.63) is 82.3 Å². The van der Waals surface area contributed by atoms with Crippen molar-refractivity contribution in [2.24, 2.45) is 15.3 Å². The lowest BCUT2D eigenvalue weighted by Crippen LogP contribution is -2.04. The van der Waals surface area contributed by atoms with Crippen LogP contribution in [0.15, 0.2) is 80.9 Å². The van der Waals surface area contributed by atoms with Crippen LogP contribution in [0.1, 0.15) is 11.1 Å². The van der Waals surface area contributed by atoms with Gasteiger partial charge in [-0.3, -0.25) is 15.2 Å². The van der Waals surface area contributed by atoms with Crippen molar-refractivity contribution in [2.75, 3.05) is 12.5 Å². The number of H-pyrrole nitrogens is 1. The topological polar surface area (TPSA) is 104 Å². The van der Waals surface area contributed by atoms with Gasteiger partial charge in [-0.15, -0.1) is 10.2 Å². The lowest BCUT2D eigenvalue weighted by atomic mass is 10.2. The fourth-order valence-corrected chi connectivity index (χ4v) is 2.14. The summed E-state index contributed by atoms with van der Waals surface area (Å²) in [5.74, 6) is 1.14. The number of benzene rings is 2. The highest BCUT2D eigenvalue weighted by molar-refractivity contribution is 5.99. The van der Waals surface area contributed by atoms with Gasteiger partial charge in [0.15, 0.2) is 0 Å². The molecule has 2 N–H and O–H groups in total. The number of anilines is 1. The molecule has 1 heterocycles. The van der Waals surface area contributed by atoms with Crippen LogP contribution < -0.4 is 15.7 Å². The number of hydrazone groups is 1. The molecular formula is C19H18N6O2. The van der Waals surface area contributed by atoms with Gasteiger partial charge in [-0.25, -0.2) is 4.98 Å². The second-order valence-corrected chi connectivity index (χ2v) is 5.60. The molecule has 3 aromatic rings. The van der Waals surface area contributed by atoms with Crippen LogP contribution in [0.4, 0.5) is 11.6 Å². The molecule has 136 valence electrons. The van der Waals surface area contributed by atoms with Gasteiger partial charge in [0.25, 0.3) is 5.56 Å². The van der Waals surface area contributed by atoms with Gasteiger partial charge in [0, 0.05) is 17.8 Å². The number of amidine groups is 1. The number of rotatable bonds is 5. The van der Waals surface area contributed by atoms with Crippen LogP contribution in [0.3, 0.4) is 0 Å². The summed E-state index contributed by atoms with van der Waals surface area (Å²) in [7, 11) is 1.60. The van der Waals surface area contributed by atoms with Crippen LogP contribution >= 0.6 is 0 Å². The van der Waals surface area contributed by atoms with Crippen molar-refractivity contribution in [1.29, 1.82) is 0 Å². The van der Waals surface area contributed by atoms with Gasteiger partial charge in [-0.05, 0) is 43.3 Å². The summed E-state index contributed by atoms with van der Waals surface area (Å²) in [6, 6.07) is 16.3. The Hall–Kier alpha value is -3.81. The molecule has 0 spiro atoms. The second-order valence-electron chi connectivity index (χ2n) is 5.60. The fraction of sp³-hybridized carbons (Fsp3) is 0.105. The third kappa shape index (κ3) is 5.08. The summed E-state index contributed by atoms with van der Waals surface area (Å²) in [6.45, 7) is 2.01. The van der Waals surface area contributed by atoms with E-state index in [0.29, 0.717) is 5.84 Å². The first-order valence-electron chi connectivity index (χ1n) is 8.16. The van der Waals surface area contributed by atoms with E-state index in [4.69, 9.17) is 4.74 Å². The highest BCUT2D eigenvalue weighted by Gasteiger charge is 2.04. The van der Waals surface area contributed by atoms with Crippen LogP contribution in [0, 0.1) is 6.92 Å². The van der Waals surface area contributed by atoms with Gasteiger partial charge in [-0.2, -0.15) is 5.10 Å². The van der Waals surface area contributed by atoms with Crippen molar-refractivity contribution in [3.8, 4) is 5.75 Å². The van der Waals surface area contributed by atoms with E-state index in [-0.39, 0.29) is 11.5 Å². The number of aromatic nitrogens is 2. The molecule has 0 radical (unpaired) electrons. The average Bonchev–Trinajstić information content (AvgIpc) is 2.69. The second kappa shape index (κ2) is 8.52. The van der Waals surface area contributed by atoms with Crippen molar-refractivity contribution in [2.45, 2.75) is 6.92 Å². The smallest absolute Gasteiger partial charge is 0.252 e. The maximum absolute atomic E-state index is 11.4. The number of aromatic amines is 1. The predicted molar refractivity (Wildman–Crippen MR) is 104 cm³/mol. The first kappa shape index (κ1) is 18.0. The Labute approximate surface area is 155 Å². The molecule has 0 atom stereocenters. The molecular weight excluding hydrogens is 344 g/mol. The first-order chi connectivity index (χ1) is 13.1. The molecule has 0 amide bonds. The summed E-state index contributed by atoms with van der Waals surface area (Å²) in [4.78, 5) is 17.8. The molecule has 0 unspecified atom stereocenters. The largest absolute Gasteiger partial charge is 0.497 e. The maximum atomic E-state index is 11.4. The number of azo groups is 1. The van der Waals surface area contributed by atoms with Crippen molar-refractivity contribution >= 4 is 17.5 Å². The van der Waals surface area contributed by atoms with Crippen molar-refractivity contribution in [1.82, 2.24) is 9.97 Å². The van der Waals surface area contributed by atoms with Crippen LogP contribution in [-0.2, 0) is 0 Å². The van der Waals surface area contributed by atoms with Gasteiger partial charge < -0.3 is 4.74 Å². The van der Waals surface area contributed by atoms with Gasteiger partial charge in [-0.1, -0.05) is 17.7 Å². The number of nitrogens with one attached hydrogen (secondary N) is 2. The Morgan fingerprint density at radius 3 is 2.48 bits per heavy atom. The molecule has 0 aliphatic carbocycles. The summed E-state index contributed by atoms with van der Waals surface area (Å²) < 4.78 is 5.17. The van der Waals surface area contributed by atoms with E-state index in [1.807, 2.05) is 43.3 Å². The summed E-state index contributed by atoms with van der Waals surface area (Å²) in [6.07, 6.45) is 1.36. The SMILES string of the molecule is COc1ccc(/C(N=Nc2nccc(=O)[nH]2)=N\Nc2ccc(C)cc2)cc1. The molecule has 8 heteroatoms. The van der Waals surface area contributed by atoms with Crippen LogP contribution in [0.25, 0.3) is 0 Å². The van der Waals surface area contributed by atoms with E-state index in [0.717, 1.165) is 22.6 Å². The quantitative estimate of drug-likeness (QED) is 0.313. The zero-order valence-electron chi connectivity index (χ0n) is 14.9. The van der Waals surface area contributed by atoms with Gasteiger partial charge in [0.05, 0.1) is 12.8 Å². The molecule has 0 saturated carbocycles. The van der Waals surface area contributed by atoms with E-state index >= 15 is 0 Å². The molecule has 0 aliphatic heterocycles. The number of aryl methyl sites for hydroxylation is 1. The number of nitrogens with zero attached hydrogens (tertiary/aromatic N) is 4. The predicted octanol–water partition coefficient (Wildman–Crippen LogP) is 3.64. The highest BCUT2D eigenvalue weighted by Crippen LogP contribution is 2.15. The fourth-order valence-electron chi connectivity index (χ4n) is 2.14. The van der Waals surface area contributed by atoms with E-state index in [9.17, 15) is 4.79 Å². The highest BCUT2D eigenvalue weighted by atomic mass is 16.5. The van der Waals surface area contributed by atoms with Crippen molar-refractivity contribution < 1.29 is 4.74 Å². The zero-order valence-corrected chi connectivity index (χ0v) is 14.9. The monoisotopic (exact) mass is 362 g/mol. The maximum Gasteiger partial charge on any atom is 0.252 e. The third-order valence-electron chi connectivity index (χ3n) is 3.59. The first-order valence-corrected chi connectivity index (χ1v) is 8.16. The summed E-state index contributed by atoms with van der Waals surface area (Å²) >= 11 is 0. The molecule has 27 heavy (non-hydrogen) atoms. The number of hydrogen-bond acceptors (Lipinski definition) is 6. The third-order valence-corrected chi connectivity index (χ3v) is 3.59. The molecule has 0 saturated heterocycles. The molecule has 0 bridgehead atoms. The van der Waals surface area contributed by atoms with Gasteiger partial charge in [0.1, 0.15) is 5.75 Å². The van der Waals surface area contributed by atoms with Crippen LogP contribution in [0.2, 0.25) is 0 Å². The minimum atomic E-state index is -0.306. The van der Waals surface area contributed by atoms with E-state index in [1.54, 1.807) is 19.2 Å². The van der Waals surface area contributed by atoms with E-state index < -0.39 is 0 Å². The lowest BCUT2D eigenvalue weighted by Gasteiger charge is -2.05. The normalized spacial score (nSPS) is 11.6.